The molecular formula is C24H26N2O2. The average Bonchev–Trinajstić information content (AvgIpc) is 2.75. The standard InChI is InChI=1S/C24H26N2O2/c25-18-20-6-8-22(9-7-20)23(27)26-13-11-24(12-14-26)17-21(10-15-28-24)16-19-4-2-1-3-5-19/h1-9,21H,10-17H2. The van der Waals surface area contributed by atoms with Gasteiger partial charge in [0.1, 0.15) is 0 Å². The van der Waals surface area contributed by atoms with Crippen molar-refractivity contribution >= 4 is 5.91 Å². The Morgan fingerprint density at radius 3 is 2.50 bits per heavy atom. The Labute approximate surface area is 166 Å². The van der Waals surface area contributed by atoms with Crippen molar-refractivity contribution in [2.24, 2.45) is 5.92 Å². The van der Waals surface area contributed by atoms with Gasteiger partial charge in [-0.1, -0.05) is 30.3 Å². The van der Waals surface area contributed by atoms with Gasteiger partial charge in [-0.15, -0.1) is 0 Å². The second-order valence-electron chi connectivity index (χ2n) is 8.06. The number of nitrogens with zero attached hydrogens (tertiary/aromatic N) is 2. The number of carbonyl (C=O) groups excluding carboxylic acids is 1. The van der Waals surface area contributed by atoms with Crippen molar-refractivity contribution in [1.82, 2.24) is 4.90 Å². The molecule has 0 aliphatic carbocycles. The third-order valence-corrected chi connectivity index (χ3v) is 6.19. The molecule has 0 saturated carbocycles. The van der Waals surface area contributed by atoms with Crippen molar-refractivity contribution in [3.8, 4) is 6.07 Å². The molecule has 1 atom stereocenters. The molecule has 4 nitrogen and oxygen atoms in total. The Morgan fingerprint density at radius 1 is 1.11 bits per heavy atom. The Balaban J connectivity index is 1.35. The maximum Gasteiger partial charge on any atom is 0.253 e. The van der Waals surface area contributed by atoms with Crippen molar-refractivity contribution in [3.63, 3.8) is 0 Å². The van der Waals surface area contributed by atoms with Gasteiger partial charge in [0.25, 0.3) is 5.91 Å². The van der Waals surface area contributed by atoms with E-state index in [9.17, 15) is 4.79 Å². The SMILES string of the molecule is N#Cc1ccc(C(=O)N2CCC3(CC2)CC(Cc2ccccc2)CCO3)cc1. The van der Waals surface area contributed by atoms with Crippen molar-refractivity contribution in [2.75, 3.05) is 19.7 Å². The maximum absolute atomic E-state index is 12.8. The molecule has 1 unspecified atom stereocenters. The van der Waals surface area contributed by atoms with Crippen LogP contribution in [0.3, 0.4) is 0 Å². The zero-order chi connectivity index (χ0) is 19.4. The molecule has 0 aromatic heterocycles. The number of hydrogen-bond donors (Lipinski definition) is 0. The first-order valence-electron chi connectivity index (χ1n) is 10.1. The van der Waals surface area contributed by atoms with Crippen LogP contribution in [0.2, 0.25) is 0 Å². The monoisotopic (exact) mass is 374 g/mol. The van der Waals surface area contributed by atoms with Gasteiger partial charge >= 0.3 is 0 Å². The summed E-state index contributed by atoms with van der Waals surface area (Å²) in [6.07, 6.45) is 5.12. The summed E-state index contributed by atoms with van der Waals surface area (Å²) in [5, 5.41) is 8.91. The van der Waals surface area contributed by atoms with Crippen molar-refractivity contribution in [3.05, 3.63) is 71.3 Å². The smallest absolute Gasteiger partial charge is 0.253 e. The van der Waals surface area contributed by atoms with Crippen molar-refractivity contribution < 1.29 is 9.53 Å². The van der Waals surface area contributed by atoms with Crippen LogP contribution in [0.5, 0.6) is 0 Å². The van der Waals surface area contributed by atoms with E-state index in [4.69, 9.17) is 10.00 Å². The number of carbonyl (C=O) groups is 1. The number of ether oxygens (including phenoxy) is 1. The lowest BCUT2D eigenvalue weighted by Gasteiger charge is -2.46. The number of nitriles is 1. The largest absolute Gasteiger partial charge is 0.375 e. The Kier molecular flexibility index (Phi) is 5.45. The number of likely N-dealkylation sites (tertiary alicyclic amines) is 1. The molecule has 4 rings (SSSR count). The minimum atomic E-state index is -0.0703. The summed E-state index contributed by atoms with van der Waals surface area (Å²) in [5.41, 5.74) is 2.56. The van der Waals surface area contributed by atoms with Gasteiger partial charge in [-0.2, -0.15) is 5.26 Å². The van der Waals surface area contributed by atoms with Crippen LogP contribution in [-0.2, 0) is 11.2 Å². The lowest BCUT2D eigenvalue weighted by molar-refractivity contribution is -0.123. The molecule has 2 fully saturated rings. The molecule has 2 aromatic carbocycles. The molecule has 2 aliphatic heterocycles. The molecule has 1 spiro atoms. The fourth-order valence-corrected chi connectivity index (χ4v) is 4.59. The highest BCUT2D eigenvalue weighted by atomic mass is 16.5. The van der Waals surface area contributed by atoms with Gasteiger partial charge in [-0.05, 0) is 67.9 Å². The van der Waals surface area contributed by atoms with Crippen LogP contribution in [0, 0.1) is 17.2 Å². The van der Waals surface area contributed by atoms with Crippen LogP contribution in [0.25, 0.3) is 0 Å². The first-order chi connectivity index (χ1) is 13.7. The average molecular weight is 374 g/mol. The third-order valence-electron chi connectivity index (χ3n) is 6.19. The summed E-state index contributed by atoms with van der Waals surface area (Å²) in [5.74, 6) is 0.702. The minimum absolute atomic E-state index is 0.0518. The first-order valence-corrected chi connectivity index (χ1v) is 10.1. The van der Waals surface area contributed by atoms with Crippen LogP contribution in [-0.4, -0.2) is 36.1 Å². The predicted octanol–water partition coefficient (Wildman–Crippen LogP) is 4.20. The molecular weight excluding hydrogens is 348 g/mol. The van der Waals surface area contributed by atoms with Gasteiger partial charge in [0.05, 0.1) is 17.2 Å². The minimum Gasteiger partial charge on any atom is -0.375 e. The first kappa shape index (κ1) is 18.7. The molecule has 0 N–H and O–H groups in total. The highest BCUT2D eigenvalue weighted by Crippen LogP contribution is 2.39. The fourth-order valence-electron chi connectivity index (χ4n) is 4.59. The number of rotatable bonds is 3. The predicted molar refractivity (Wildman–Crippen MR) is 108 cm³/mol. The molecule has 28 heavy (non-hydrogen) atoms. The maximum atomic E-state index is 12.8. The van der Waals surface area contributed by atoms with E-state index in [1.165, 1.54) is 5.56 Å². The molecule has 1 amide bonds. The van der Waals surface area contributed by atoms with Crippen molar-refractivity contribution in [1.29, 1.82) is 5.26 Å². The van der Waals surface area contributed by atoms with Gasteiger partial charge in [0.15, 0.2) is 0 Å². The molecule has 2 heterocycles. The second-order valence-corrected chi connectivity index (χ2v) is 8.06. The lowest BCUT2D eigenvalue weighted by Crippen LogP contribution is -2.51. The van der Waals surface area contributed by atoms with Gasteiger partial charge in [0, 0.05) is 25.3 Å². The van der Waals surface area contributed by atoms with E-state index < -0.39 is 0 Å². The number of benzene rings is 2. The number of hydrogen-bond acceptors (Lipinski definition) is 3. The van der Waals surface area contributed by atoms with Crippen LogP contribution < -0.4 is 0 Å². The molecule has 2 aromatic rings. The van der Waals surface area contributed by atoms with E-state index in [1.807, 2.05) is 4.90 Å². The summed E-state index contributed by atoms with van der Waals surface area (Å²) in [6.45, 7) is 2.29. The van der Waals surface area contributed by atoms with E-state index in [-0.39, 0.29) is 11.5 Å². The quantitative estimate of drug-likeness (QED) is 0.809. The lowest BCUT2D eigenvalue weighted by atomic mass is 9.77. The normalized spacial score (nSPS) is 21.2. The molecule has 4 heteroatoms. The number of amides is 1. The van der Waals surface area contributed by atoms with Crippen LogP contribution in [0.4, 0.5) is 0 Å². The van der Waals surface area contributed by atoms with Crippen LogP contribution in [0.1, 0.15) is 47.2 Å². The molecule has 0 radical (unpaired) electrons. The summed E-state index contributed by atoms with van der Waals surface area (Å²) < 4.78 is 6.26. The Morgan fingerprint density at radius 2 is 1.82 bits per heavy atom. The van der Waals surface area contributed by atoms with E-state index >= 15 is 0 Å². The van der Waals surface area contributed by atoms with Crippen LogP contribution >= 0.6 is 0 Å². The number of piperidine rings is 1. The second kappa shape index (κ2) is 8.16. The van der Waals surface area contributed by atoms with Gasteiger partial charge < -0.3 is 9.64 Å². The zero-order valence-corrected chi connectivity index (χ0v) is 16.1. The topological polar surface area (TPSA) is 53.3 Å². The highest BCUT2D eigenvalue weighted by Gasteiger charge is 2.41. The molecule has 0 bridgehead atoms. The Hall–Kier alpha value is -2.64. The van der Waals surface area contributed by atoms with Gasteiger partial charge in [-0.3, -0.25) is 4.79 Å². The van der Waals surface area contributed by atoms with E-state index in [0.29, 0.717) is 17.0 Å². The summed E-state index contributed by atoms with van der Waals surface area (Å²) in [4.78, 5) is 14.7. The molecule has 2 saturated heterocycles. The summed E-state index contributed by atoms with van der Waals surface area (Å²) in [7, 11) is 0. The third kappa shape index (κ3) is 4.10. The molecule has 2 aliphatic rings. The molecule has 144 valence electrons. The zero-order valence-electron chi connectivity index (χ0n) is 16.1. The summed E-state index contributed by atoms with van der Waals surface area (Å²) >= 11 is 0. The van der Waals surface area contributed by atoms with Crippen LogP contribution in [0.15, 0.2) is 54.6 Å². The highest BCUT2D eigenvalue weighted by molar-refractivity contribution is 5.94. The van der Waals surface area contributed by atoms with Gasteiger partial charge in [-0.25, -0.2) is 0 Å². The van der Waals surface area contributed by atoms with E-state index in [0.717, 1.165) is 51.8 Å². The Bertz CT molecular complexity index is 846. The summed E-state index contributed by atoms with van der Waals surface area (Å²) in [6, 6.07) is 19.7. The van der Waals surface area contributed by atoms with E-state index in [2.05, 4.69) is 36.4 Å². The fraction of sp³-hybridized carbons (Fsp3) is 0.417. The van der Waals surface area contributed by atoms with Gasteiger partial charge in [0.2, 0.25) is 0 Å². The van der Waals surface area contributed by atoms with E-state index in [1.54, 1.807) is 24.3 Å². The van der Waals surface area contributed by atoms with Crippen molar-refractivity contribution in [2.45, 2.75) is 37.7 Å².